The number of hydrogen-bond acceptors (Lipinski definition) is 7. The fourth-order valence-electron chi connectivity index (χ4n) is 3.72. The van der Waals surface area contributed by atoms with Crippen molar-refractivity contribution >= 4 is 74.8 Å². The maximum Gasteiger partial charge on any atom is 0.295 e. The predicted molar refractivity (Wildman–Crippen MR) is 109 cm³/mol. The lowest BCUT2D eigenvalue weighted by molar-refractivity contribution is -0.105. The molecular weight excluding hydrogens is 474 g/mol. The molecule has 0 aliphatic rings. The summed E-state index contributed by atoms with van der Waals surface area (Å²) in [4.78, 5) is 8.70. The third kappa shape index (κ3) is 3.29. The van der Waals surface area contributed by atoms with E-state index in [1.165, 1.54) is 18.2 Å². The fourth-order valence-corrected chi connectivity index (χ4v) is 5.94. The Hall–Kier alpha value is -2.88. The Balaban J connectivity index is 2.45. The molecule has 14 heteroatoms. The summed E-state index contributed by atoms with van der Waals surface area (Å²) in [5.74, 6) is 0. The smallest absolute Gasteiger partial charge is 0.295 e. The lowest BCUT2D eigenvalue weighted by Gasteiger charge is -2.18. The minimum absolute atomic E-state index is 0.0233. The Bertz CT molecular complexity index is 1690. The first-order valence-corrected chi connectivity index (χ1v) is 12.5. The second-order valence-corrected chi connectivity index (χ2v) is 10.7. The van der Waals surface area contributed by atoms with Crippen LogP contribution >= 0.6 is 0 Å². The fraction of sp³-hybridized carbons (Fsp3) is 0. The van der Waals surface area contributed by atoms with E-state index in [4.69, 9.17) is 0 Å². The molecule has 0 saturated heterocycles. The highest BCUT2D eigenvalue weighted by Crippen LogP contribution is 2.44. The number of carbonyl (C=O) groups is 1. The molecule has 0 aliphatic heterocycles. The third-order valence-electron chi connectivity index (χ3n) is 4.83. The van der Waals surface area contributed by atoms with Crippen molar-refractivity contribution in [1.82, 2.24) is 0 Å². The average molecular weight is 485 g/mol. The van der Waals surface area contributed by atoms with Crippen LogP contribution in [0.15, 0.2) is 51.1 Å². The summed E-state index contributed by atoms with van der Waals surface area (Å²) < 4.78 is 101. The van der Waals surface area contributed by atoms with Crippen LogP contribution < -0.4 is 5.32 Å². The second kappa shape index (κ2) is 6.56. The monoisotopic (exact) mass is 485 g/mol. The summed E-state index contributed by atoms with van der Waals surface area (Å²) >= 11 is 0. The van der Waals surface area contributed by atoms with Crippen LogP contribution in [-0.4, -0.2) is 45.3 Å². The van der Waals surface area contributed by atoms with Crippen LogP contribution in [0.5, 0.6) is 0 Å². The number of benzene rings is 4. The van der Waals surface area contributed by atoms with Crippen molar-refractivity contribution in [2.24, 2.45) is 0 Å². The van der Waals surface area contributed by atoms with Gasteiger partial charge in [-0.2, -0.15) is 25.3 Å². The lowest BCUT2D eigenvalue weighted by Crippen LogP contribution is -2.07. The quantitative estimate of drug-likeness (QED) is 0.184. The van der Waals surface area contributed by atoms with Gasteiger partial charge in [-0.15, -0.1) is 0 Å². The standard InChI is InChI=1S/C17H11NO10S3/c19-7-18-12-5-13(29(20,21)22)9-3-4-11-15(31(26,27)28)6-14(30(23,24)25)10-2-1-8(12)16(9)17(10)11/h1-7H,(H,18,19)(H,20,21,22)(H,23,24,25)(H,26,27,28). The summed E-state index contributed by atoms with van der Waals surface area (Å²) in [6, 6.07) is 6.41. The Morgan fingerprint density at radius 2 is 0.968 bits per heavy atom. The van der Waals surface area contributed by atoms with Gasteiger partial charge in [-0.1, -0.05) is 24.3 Å². The molecular formula is C17H11NO10S3. The molecule has 0 fully saturated rings. The van der Waals surface area contributed by atoms with Gasteiger partial charge >= 0.3 is 0 Å². The minimum atomic E-state index is -4.98. The van der Waals surface area contributed by atoms with Crippen molar-refractivity contribution in [3.8, 4) is 0 Å². The van der Waals surface area contributed by atoms with Crippen molar-refractivity contribution < 1.29 is 43.7 Å². The van der Waals surface area contributed by atoms with E-state index in [-0.39, 0.29) is 44.4 Å². The Labute approximate surface area is 174 Å². The molecule has 1 amide bonds. The largest absolute Gasteiger partial charge is 0.328 e. The lowest BCUT2D eigenvalue weighted by atomic mass is 9.93. The third-order valence-corrected chi connectivity index (χ3v) is 7.51. The van der Waals surface area contributed by atoms with Crippen LogP contribution in [0.4, 0.5) is 5.69 Å². The average Bonchev–Trinajstić information content (AvgIpc) is 2.63. The molecule has 162 valence electrons. The molecule has 31 heavy (non-hydrogen) atoms. The molecule has 0 atom stereocenters. The molecule has 0 bridgehead atoms. The van der Waals surface area contributed by atoms with Gasteiger partial charge in [0, 0.05) is 38.0 Å². The molecule has 0 aromatic heterocycles. The molecule has 11 nitrogen and oxygen atoms in total. The maximum absolute atomic E-state index is 12.0. The number of rotatable bonds is 5. The zero-order chi connectivity index (χ0) is 22.9. The summed E-state index contributed by atoms with van der Waals surface area (Å²) in [6.45, 7) is 0. The first-order valence-electron chi connectivity index (χ1n) is 8.16. The van der Waals surface area contributed by atoms with Crippen LogP contribution in [0.3, 0.4) is 0 Å². The van der Waals surface area contributed by atoms with Crippen molar-refractivity contribution in [2.75, 3.05) is 5.32 Å². The summed E-state index contributed by atoms with van der Waals surface area (Å²) in [5, 5.41) is 1.85. The molecule has 4 aromatic carbocycles. The highest BCUT2D eigenvalue weighted by molar-refractivity contribution is 7.87. The van der Waals surface area contributed by atoms with Gasteiger partial charge in [0.05, 0.1) is 0 Å². The molecule has 0 spiro atoms. The van der Waals surface area contributed by atoms with Gasteiger partial charge in [0.1, 0.15) is 14.7 Å². The van der Waals surface area contributed by atoms with Crippen LogP contribution in [-0.2, 0) is 35.1 Å². The predicted octanol–water partition coefficient (Wildman–Crippen LogP) is 1.89. The van der Waals surface area contributed by atoms with E-state index in [2.05, 4.69) is 5.32 Å². The Morgan fingerprint density at radius 3 is 1.35 bits per heavy atom. The zero-order valence-electron chi connectivity index (χ0n) is 15.0. The van der Waals surface area contributed by atoms with Crippen molar-refractivity contribution in [1.29, 1.82) is 0 Å². The summed E-state index contributed by atoms with van der Waals surface area (Å²) in [7, 11) is -14.8. The van der Waals surface area contributed by atoms with Gasteiger partial charge in [-0.25, -0.2) is 0 Å². The molecule has 0 heterocycles. The van der Waals surface area contributed by atoms with Crippen molar-refractivity contribution in [3.63, 3.8) is 0 Å². The van der Waals surface area contributed by atoms with E-state index in [0.717, 1.165) is 12.1 Å². The van der Waals surface area contributed by atoms with Crippen LogP contribution in [0, 0.1) is 0 Å². The first-order chi connectivity index (χ1) is 14.2. The zero-order valence-corrected chi connectivity index (χ0v) is 17.4. The Kier molecular flexibility index (Phi) is 4.52. The van der Waals surface area contributed by atoms with E-state index >= 15 is 0 Å². The number of carbonyl (C=O) groups excluding carboxylic acids is 1. The molecule has 0 radical (unpaired) electrons. The topological polar surface area (TPSA) is 192 Å². The molecule has 4 rings (SSSR count). The molecule has 4 aromatic rings. The van der Waals surface area contributed by atoms with E-state index in [1.807, 2.05) is 0 Å². The number of amides is 1. The van der Waals surface area contributed by atoms with E-state index in [0.29, 0.717) is 6.07 Å². The normalized spacial score (nSPS) is 13.3. The summed E-state index contributed by atoms with van der Waals surface area (Å²) in [6.07, 6.45) is 0.243. The molecule has 0 saturated carbocycles. The molecule has 0 aliphatic carbocycles. The number of anilines is 1. The van der Waals surface area contributed by atoms with E-state index < -0.39 is 45.0 Å². The minimum Gasteiger partial charge on any atom is -0.328 e. The summed E-state index contributed by atoms with van der Waals surface area (Å²) in [5.41, 5.74) is -0.0739. The van der Waals surface area contributed by atoms with Gasteiger partial charge in [0.2, 0.25) is 6.41 Å². The highest BCUT2D eigenvalue weighted by atomic mass is 32.2. The van der Waals surface area contributed by atoms with Gasteiger partial charge in [-0.3, -0.25) is 18.5 Å². The number of nitrogens with one attached hydrogen (secondary N) is 1. The van der Waals surface area contributed by atoms with Gasteiger partial charge in [0.15, 0.2) is 0 Å². The highest BCUT2D eigenvalue weighted by Gasteiger charge is 2.27. The van der Waals surface area contributed by atoms with E-state index in [9.17, 15) is 43.7 Å². The van der Waals surface area contributed by atoms with Crippen molar-refractivity contribution in [3.05, 3.63) is 36.4 Å². The van der Waals surface area contributed by atoms with Gasteiger partial charge < -0.3 is 5.32 Å². The molecule has 0 unspecified atom stereocenters. The van der Waals surface area contributed by atoms with E-state index in [1.54, 1.807) is 0 Å². The van der Waals surface area contributed by atoms with Crippen LogP contribution in [0.25, 0.3) is 32.3 Å². The van der Waals surface area contributed by atoms with Gasteiger partial charge in [0.25, 0.3) is 30.4 Å². The first kappa shape index (κ1) is 21.4. The Morgan fingerprint density at radius 1 is 0.613 bits per heavy atom. The second-order valence-electron chi connectivity index (χ2n) is 6.55. The number of hydrogen-bond donors (Lipinski definition) is 4. The van der Waals surface area contributed by atoms with Crippen LogP contribution in [0.1, 0.15) is 0 Å². The van der Waals surface area contributed by atoms with Gasteiger partial charge in [-0.05, 0) is 12.1 Å². The SMILES string of the molecule is O=CNc1cc(S(=O)(=O)O)c2ccc3c(S(=O)(=O)O)cc(S(=O)(=O)O)c4ccc1c2c43. The maximum atomic E-state index is 12.0. The molecule has 4 N–H and O–H groups in total. The van der Waals surface area contributed by atoms with Crippen molar-refractivity contribution in [2.45, 2.75) is 14.7 Å². The van der Waals surface area contributed by atoms with Crippen LogP contribution in [0.2, 0.25) is 0 Å².